The monoisotopic (exact) mass is 406 g/mol. The second kappa shape index (κ2) is 9.14. The van der Waals surface area contributed by atoms with Gasteiger partial charge in [-0.15, -0.1) is 0 Å². The number of rotatable bonds is 5. The maximum atomic E-state index is 10.9. The fourth-order valence-electron chi connectivity index (χ4n) is 4.64. The number of aliphatic hydroxyl groups is 4. The van der Waals surface area contributed by atoms with E-state index in [1.54, 1.807) is 0 Å². The Hall–Kier alpha value is -0.440. The number of nitrogens with two attached hydrogens (primary N) is 4. The lowest BCUT2D eigenvalue weighted by molar-refractivity contribution is -0.203. The van der Waals surface area contributed by atoms with Gasteiger partial charge in [-0.1, -0.05) is 0 Å². The van der Waals surface area contributed by atoms with Crippen LogP contribution in [0.1, 0.15) is 19.3 Å². The van der Waals surface area contributed by atoms with E-state index in [0.29, 0.717) is 19.3 Å². The Bertz CT molecular complexity index is 506. The Morgan fingerprint density at radius 3 is 2.07 bits per heavy atom. The molecule has 11 heteroatoms. The molecule has 28 heavy (non-hydrogen) atoms. The molecule has 2 saturated heterocycles. The van der Waals surface area contributed by atoms with E-state index in [4.69, 9.17) is 37.1 Å². The molecule has 2 heterocycles. The summed E-state index contributed by atoms with van der Waals surface area (Å²) >= 11 is 0. The highest BCUT2D eigenvalue weighted by molar-refractivity contribution is 5.03. The van der Waals surface area contributed by atoms with Crippen molar-refractivity contribution in [2.24, 2.45) is 28.9 Å². The molecule has 0 aromatic heterocycles. The number of hydrogen-bond donors (Lipinski definition) is 8. The summed E-state index contributed by atoms with van der Waals surface area (Å²) in [6, 6.07) is -1.17. The van der Waals surface area contributed by atoms with Crippen LogP contribution in [0.2, 0.25) is 0 Å². The summed E-state index contributed by atoms with van der Waals surface area (Å²) in [7, 11) is 0. The molecule has 0 aromatic rings. The Morgan fingerprint density at radius 1 is 0.857 bits per heavy atom. The largest absolute Gasteiger partial charge is 0.394 e. The average molecular weight is 406 g/mol. The third kappa shape index (κ3) is 4.35. The molecule has 2 aliphatic heterocycles. The van der Waals surface area contributed by atoms with Crippen LogP contribution < -0.4 is 22.9 Å². The smallest absolute Gasteiger partial charge is 0.184 e. The second-order valence-corrected chi connectivity index (χ2v) is 8.21. The normalized spacial score (nSPS) is 52.7. The molecule has 12 N–H and O–H groups in total. The zero-order valence-corrected chi connectivity index (χ0v) is 15.8. The molecule has 164 valence electrons. The SMILES string of the molecule is NC[C@@H]1O[C@H](C2[C@@H](O)[C@H](OC3C[C@@H](N)C[C@@H](N)C3)O[C@@H]2CO)[C@H](N)[C@@H](O)[C@@H]1O. The Balaban J connectivity index is 1.72. The van der Waals surface area contributed by atoms with Gasteiger partial charge in [0.1, 0.15) is 18.3 Å². The minimum atomic E-state index is -1.28. The van der Waals surface area contributed by atoms with Crippen LogP contribution in [-0.4, -0.2) is 101 Å². The van der Waals surface area contributed by atoms with Crippen LogP contribution in [0, 0.1) is 5.92 Å². The molecule has 0 amide bonds. The van der Waals surface area contributed by atoms with Crippen LogP contribution in [0.25, 0.3) is 0 Å². The molecule has 3 rings (SSSR count). The quantitative estimate of drug-likeness (QED) is 0.218. The van der Waals surface area contributed by atoms with Crippen LogP contribution in [0.5, 0.6) is 0 Å². The topological polar surface area (TPSA) is 213 Å². The van der Waals surface area contributed by atoms with Gasteiger partial charge in [0.2, 0.25) is 0 Å². The van der Waals surface area contributed by atoms with Gasteiger partial charge in [0.15, 0.2) is 6.29 Å². The van der Waals surface area contributed by atoms with Crippen molar-refractivity contribution in [1.29, 1.82) is 0 Å². The number of aliphatic hydroxyl groups excluding tert-OH is 4. The molecular weight excluding hydrogens is 372 g/mol. The molecule has 3 fully saturated rings. The molecule has 0 spiro atoms. The molecule has 0 bridgehead atoms. The van der Waals surface area contributed by atoms with Crippen LogP contribution in [-0.2, 0) is 14.2 Å². The molecular formula is C17H34N4O7. The van der Waals surface area contributed by atoms with E-state index in [1.807, 2.05) is 0 Å². The third-order valence-corrected chi connectivity index (χ3v) is 6.10. The predicted molar refractivity (Wildman–Crippen MR) is 97.6 cm³/mol. The van der Waals surface area contributed by atoms with E-state index in [9.17, 15) is 20.4 Å². The number of ether oxygens (including phenoxy) is 3. The summed E-state index contributed by atoms with van der Waals surface area (Å²) in [6.07, 6.45) is -5.63. The first-order chi connectivity index (χ1) is 13.3. The van der Waals surface area contributed by atoms with E-state index in [2.05, 4.69) is 0 Å². The second-order valence-electron chi connectivity index (χ2n) is 8.21. The van der Waals surface area contributed by atoms with Crippen molar-refractivity contribution >= 4 is 0 Å². The van der Waals surface area contributed by atoms with Gasteiger partial charge in [-0.05, 0) is 19.3 Å². The van der Waals surface area contributed by atoms with Gasteiger partial charge in [0.25, 0.3) is 0 Å². The Morgan fingerprint density at radius 2 is 1.50 bits per heavy atom. The highest BCUT2D eigenvalue weighted by Gasteiger charge is 2.55. The summed E-state index contributed by atoms with van der Waals surface area (Å²) in [5, 5.41) is 40.9. The Labute approximate surface area is 163 Å². The fraction of sp³-hybridized carbons (Fsp3) is 1.00. The summed E-state index contributed by atoms with van der Waals surface area (Å²) < 4.78 is 17.4. The predicted octanol–water partition coefficient (Wildman–Crippen LogP) is -4.32. The first-order valence-electron chi connectivity index (χ1n) is 9.85. The van der Waals surface area contributed by atoms with E-state index in [-0.39, 0.29) is 24.7 Å². The van der Waals surface area contributed by atoms with Crippen molar-refractivity contribution < 1.29 is 34.6 Å². The minimum absolute atomic E-state index is 0.0350. The van der Waals surface area contributed by atoms with Gasteiger partial charge in [0, 0.05) is 24.5 Å². The average Bonchev–Trinajstić information content (AvgIpc) is 2.95. The van der Waals surface area contributed by atoms with Gasteiger partial charge in [-0.3, -0.25) is 0 Å². The van der Waals surface area contributed by atoms with Gasteiger partial charge >= 0.3 is 0 Å². The van der Waals surface area contributed by atoms with Crippen molar-refractivity contribution in [3.63, 3.8) is 0 Å². The molecule has 0 radical (unpaired) electrons. The van der Waals surface area contributed by atoms with Crippen LogP contribution >= 0.6 is 0 Å². The van der Waals surface area contributed by atoms with Crippen molar-refractivity contribution in [2.75, 3.05) is 13.2 Å². The van der Waals surface area contributed by atoms with E-state index in [0.717, 1.165) is 0 Å². The zero-order chi connectivity index (χ0) is 20.6. The summed E-state index contributed by atoms with van der Waals surface area (Å²) in [4.78, 5) is 0. The molecule has 1 saturated carbocycles. The molecule has 1 aliphatic carbocycles. The van der Waals surface area contributed by atoms with E-state index >= 15 is 0 Å². The maximum Gasteiger partial charge on any atom is 0.184 e. The molecule has 11 nitrogen and oxygen atoms in total. The minimum Gasteiger partial charge on any atom is -0.394 e. The van der Waals surface area contributed by atoms with Gasteiger partial charge in [-0.25, -0.2) is 0 Å². The lowest BCUT2D eigenvalue weighted by atomic mass is 9.82. The maximum absolute atomic E-state index is 10.9. The standard InChI is InChI=1S/C17H34N4O7/c18-4-9-13(23)15(25)12(21)16(27-9)11-10(5-22)28-17(14(11)24)26-8-2-6(19)1-7(20)3-8/h6-17,22-25H,1-5,18-21H2/t6-,7+,8?,9-,10+,11?,12+,13+,14+,15+,16+,17+/m0/s1. The lowest BCUT2D eigenvalue weighted by Gasteiger charge is -2.44. The van der Waals surface area contributed by atoms with Crippen molar-refractivity contribution in [3.8, 4) is 0 Å². The molecule has 0 aromatic carbocycles. The summed E-state index contributed by atoms with van der Waals surface area (Å²) in [5.41, 5.74) is 23.7. The first kappa shape index (κ1) is 22.2. The first-order valence-corrected chi connectivity index (χ1v) is 9.85. The van der Waals surface area contributed by atoms with Gasteiger partial charge < -0.3 is 57.6 Å². The summed E-state index contributed by atoms with van der Waals surface area (Å²) in [5.74, 6) is -0.771. The fourth-order valence-corrected chi connectivity index (χ4v) is 4.64. The van der Waals surface area contributed by atoms with Gasteiger partial charge in [-0.2, -0.15) is 0 Å². The molecule has 2 unspecified atom stereocenters. The zero-order valence-electron chi connectivity index (χ0n) is 15.8. The molecule has 3 aliphatic rings. The lowest BCUT2D eigenvalue weighted by Crippen LogP contribution is -2.66. The van der Waals surface area contributed by atoms with E-state index in [1.165, 1.54) is 0 Å². The Kier molecular flexibility index (Phi) is 7.27. The molecule has 12 atom stereocenters. The highest BCUT2D eigenvalue weighted by Crippen LogP contribution is 2.37. The highest BCUT2D eigenvalue weighted by atomic mass is 16.7. The van der Waals surface area contributed by atoms with Crippen molar-refractivity contribution in [3.05, 3.63) is 0 Å². The van der Waals surface area contributed by atoms with Gasteiger partial charge in [0.05, 0.1) is 37.1 Å². The van der Waals surface area contributed by atoms with Crippen molar-refractivity contribution in [1.82, 2.24) is 0 Å². The van der Waals surface area contributed by atoms with E-state index < -0.39 is 61.5 Å². The number of hydrogen-bond acceptors (Lipinski definition) is 11. The van der Waals surface area contributed by atoms with Crippen LogP contribution in [0.3, 0.4) is 0 Å². The summed E-state index contributed by atoms with van der Waals surface area (Å²) in [6.45, 7) is -0.434. The third-order valence-electron chi connectivity index (χ3n) is 6.10. The van der Waals surface area contributed by atoms with Crippen LogP contribution in [0.15, 0.2) is 0 Å². The van der Waals surface area contributed by atoms with Crippen molar-refractivity contribution in [2.45, 2.75) is 86.4 Å². The van der Waals surface area contributed by atoms with Crippen LogP contribution in [0.4, 0.5) is 0 Å².